The molecule has 0 aliphatic rings. The van der Waals surface area contributed by atoms with Gasteiger partial charge >= 0.3 is 0 Å². The molecule has 1 rings (SSSR count). The molecule has 0 aromatic carbocycles. The topological polar surface area (TPSA) is 24.1 Å². The van der Waals surface area contributed by atoms with Crippen molar-refractivity contribution in [2.45, 2.75) is 6.54 Å². The molecule has 0 unspecified atom stereocenters. The van der Waals surface area contributed by atoms with Gasteiger partial charge in [-0.25, -0.2) is 4.57 Å². The van der Waals surface area contributed by atoms with Crippen molar-refractivity contribution in [1.29, 1.82) is 0 Å². The molecule has 0 saturated carbocycles. The fourth-order valence-electron chi connectivity index (χ4n) is 0.869. The van der Waals surface area contributed by atoms with Crippen molar-refractivity contribution in [3.8, 4) is 0 Å². The number of aliphatic hydroxyl groups excluding tert-OH is 1. The van der Waals surface area contributed by atoms with Gasteiger partial charge < -0.3 is 12.5 Å². The van der Waals surface area contributed by atoms with Gasteiger partial charge in [0.2, 0.25) is 0 Å². The third kappa shape index (κ3) is 2.84. The molecule has 0 spiro atoms. The average Bonchev–Trinajstić information content (AvgIpc) is 2.07. The molecule has 1 heterocycles. The van der Waals surface area contributed by atoms with Crippen LogP contribution in [0.5, 0.6) is 0 Å². The monoisotopic (exact) mass is 165 g/mol. The molecule has 0 aliphatic heterocycles. The molecular weight excluding hydrogens is 150 g/mol. The molecule has 2 heteroatoms. The summed E-state index contributed by atoms with van der Waals surface area (Å²) in [6, 6.07) is 3.92. The van der Waals surface area contributed by atoms with Gasteiger partial charge in [0, 0.05) is 12.1 Å². The maximum atomic E-state index is 8.61. The van der Waals surface area contributed by atoms with Crippen LogP contribution in [0, 0.1) is 7.43 Å². The minimum absolute atomic E-state index is 0. The van der Waals surface area contributed by atoms with E-state index in [1.807, 2.05) is 29.1 Å². The maximum Gasteiger partial charge on any atom is 0.171 e. The largest absolute Gasteiger partial charge is 0.390 e. The Hall–Kier alpha value is -1.15. The number of hydrogen-bond donors (Lipinski definition) is 1. The SMILES string of the molecule is C=Cc1cc[n+](CCO)cc1.[CH3-]. The van der Waals surface area contributed by atoms with Crippen LogP contribution in [0.25, 0.3) is 6.08 Å². The van der Waals surface area contributed by atoms with Crippen LogP contribution in [0.15, 0.2) is 31.1 Å². The summed E-state index contributed by atoms with van der Waals surface area (Å²) in [5, 5.41) is 8.61. The minimum Gasteiger partial charge on any atom is -0.390 e. The zero-order valence-corrected chi connectivity index (χ0v) is 7.40. The molecule has 2 nitrogen and oxygen atoms in total. The van der Waals surface area contributed by atoms with E-state index in [9.17, 15) is 0 Å². The summed E-state index contributed by atoms with van der Waals surface area (Å²) in [7, 11) is 0. The highest BCUT2D eigenvalue weighted by Crippen LogP contribution is 1.94. The Kier molecular flexibility index (Phi) is 4.97. The molecule has 66 valence electrons. The lowest BCUT2D eigenvalue weighted by molar-refractivity contribution is -0.698. The second-order valence-corrected chi connectivity index (χ2v) is 2.30. The standard InChI is InChI=1S/C9H12NO.CH3/c1-2-9-3-5-10(6-4-9)7-8-11;/h2-6,11H,1,7-8H2;1H3/q+1;-1. The third-order valence-electron chi connectivity index (χ3n) is 1.51. The summed E-state index contributed by atoms with van der Waals surface area (Å²) < 4.78 is 1.92. The second-order valence-electron chi connectivity index (χ2n) is 2.30. The van der Waals surface area contributed by atoms with Crippen molar-refractivity contribution >= 4 is 6.08 Å². The smallest absolute Gasteiger partial charge is 0.171 e. The fraction of sp³-hybridized carbons (Fsp3) is 0.200. The van der Waals surface area contributed by atoms with Gasteiger partial charge in [0.05, 0.1) is 0 Å². The van der Waals surface area contributed by atoms with E-state index in [1.54, 1.807) is 6.08 Å². The number of pyridine rings is 1. The van der Waals surface area contributed by atoms with Crippen LogP contribution < -0.4 is 4.57 Å². The van der Waals surface area contributed by atoms with Gasteiger partial charge in [0.25, 0.3) is 0 Å². The van der Waals surface area contributed by atoms with Gasteiger partial charge in [-0.3, -0.25) is 0 Å². The highest BCUT2D eigenvalue weighted by Gasteiger charge is 1.95. The van der Waals surface area contributed by atoms with E-state index in [4.69, 9.17) is 5.11 Å². The highest BCUT2D eigenvalue weighted by molar-refractivity contribution is 5.44. The Morgan fingerprint density at radius 2 is 2.00 bits per heavy atom. The molecule has 0 aliphatic carbocycles. The van der Waals surface area contributed by atoms with E-state index >= 15 is 0 Å². The van der Waals surface area contributed by atoms with Crippen LogP contribution in [0.2, 0.25) is 0 Å². The van der Waals surface area contributed by atoms with Crippen molar-refractivity contribution in [1.82, 2.24) is 0 Å². The fourth-order valence-corrected chi connectivity index (χ4v) is 0.869. The second kappa shape index (κ2) is 5.49. The lowest BCUT2D eigenvalue weighted by Gasteiger charge is -1.92. The third-order valence-corrected chi connectivity index (χ3v) is 1.51. The zero-order valence-electron chi connectivity index (χ0n) is 7.40. The van der Waals surface area contributed by atoms with Gasteiger partial charge in [0.15, 0.2) is 18.9 Å². The lowest BCUT2D eigenvalue weighted by Crippen LogP contribution is -2.34. The molecule has 0 saturated heterocycles. The summed E-state index contributed by atoms with van der Waals surface area (Å²) in [6.45, 7) is 4.48. The Morgan fingerprint density at radius 3 is 2.42 bits per heavy atom. The normalized spacial score (nSPS) is 8.75. The summed E-state index contributed by atoms with van der Waals surface area (Å²) in [6.07, 6.45) is 5.64. The summed E-state index contributed by atoms with van der Waals surface area (Å²) in [5.74, 6) is 0. The van der Waals surface area contributed by atoms with Crippen molar-refractivity contribution in [2.24, 2.45) is 0 Å². The first-order valence-corrected chi connectivity index (χ1v) is 3.59. The first-order valence-electron chi connectivity index (χ1n) is 3.59. The quantitative estimate of drug-likeness (QED) is 0.525. The Morgan fingerprint density at radius 1 is 1.42 bits per heavy atom. The number of aromatic nitrogens is 1. The van der Waals surface area contributed by atoms with Crippen LogP contribution in [0.1, 0.15) is 5.56 Å². The van der Waals surface area contributed by atoms with Crippen molar-refractivity contribution in [2.75, 3.05) is 6.61 Å². The van der Waals surface area contributed by atoms with Crippen LogP contribution in [0.3, 0.4) is 0 Å². The molecule has 0 atom stereocenters. The minimum atomic E-state index is 0. The number of aliphatic hydroxyl groups is 1. The van der Waals surface area contributed by atoms with Crippen LogP contribution in [-0.4, -0.2) is 11.7 Å². The summed E-state index contributed by atoms with van der Waals surface area (Å²) >= 11 is 0. The Bertz CT molecular complexity index is 228. The van der Waals surface area contributed by atoms with Crippen molar-refractivity contribution in [3.63, 3.8) is 0 Å². The lowest BCUT2D eigenvalue weighted by atomic mass is 10.3. The maximum absolute atomic E-state index is 8.61. The highest BCUT2D eigenvalue weighted by atomic mass is 16.3. The summed E-state index contributed by atoms with van der Waals surface area (Å²) in [5.41, 5.74) is 1.10. The predicted octanol–water partition coefficient (Wildman–Crippen LogP) is 1.06. The predicted molar refractivity (Wildman–Crippen MR) is 50.2 cm³/mol. The van der Waals surface area contributed by atoms with E-state index in [0.717, 1.165) is 5.56 Å². The van der Waals surface area contributed by atoms with Crippen LogP contribution >= 0.6 is 0 Å². The van der Waals surface area contributed by atoms with E-state index in [2.05, 4.69) is 6.58 Å². The number of rotatable bonds is 3. The van der Waals surface area contributed by atoms with Crippen molar-refractivity contribution < 1.29 is 9.67 Å². The van der Waals surface area contributed by atoms with E-state index in [1.165, 1.54) is 0 Å². The average molecular weight is 165 g/mol. The molecule has 0 amide bonds. The van der Waals surface area contributed by atoms with Gasteiger partial charge in [-0.15, -0.1) is 0 Å². The van der Waals surface area contributed by atoms with E-state index in [0.29, 0.717) is 6.54 Å². The molecule has 0 fully saturated rings. The van der Waals surface area contributed by atoms with E-state index < -0.39 is 0 Å². The molecular formula is C10H15NO. The number of nitrogens with zero attached hydrogens (tertiary/aromatic N) is 1. The van der Waals surface area contributed by atoms with Crippen molar-refractivity contribution in [3.05, 3.63) is 44.1 Å². The van der Waals surface area contributed by atoms with Gasteiger partial charge in [-0.1, -0.05) is 12.7 Å². The van der Waals surface area contributed by atoms with Crippen LogP contribution in [0.4, 0.5) is 0 Å². The van der Waals surface area contributed by atoms with Crippen LogP contribution in [-0.2, 0) is 6.54 Å². The molecule has 1 aromatic heterocycles. The van der Waals surface area contributed by atoms with Gasteiger partial charge in [-0.05, 0) is 5.56 Å². The van der Waals surface area contributed by atoms with E-state index in [-0.39, 0.29) is 14.0 Å². The zero-order chi connectivity index (χ0) is 8.10. The molecule has 0 radical (unpaired) electrons. The van der Waals surface area contributed by atoms with Gasteiger partial charge in [-0.2, -0.15) is 0 Å². The first-order chi connectivity index (χ1) is 5.36. The number of hydrogen-bond acceptors (Lipinski definition) is 1. The molecule has 12 heavy (non-hydrogen) atoms. The molecule has 1 N–H and O–H groups in total. The molecule has 0 bridgehead atoms. The van der Waals surface area contributed by atoms with Gasteiger partial charge in [0.1, 0.15) is 6.61 Å². The Labute approximate surface area is 73.8 Å². The summed E-state index contributed by atoms with van der Waals surface area (Å²) in [4.78, 5) is 0. The molecule has 1 aromatic rings. The Balaban J connectivity index is 0.00000121. The first kappa shape index (κ1) is 10.8.